The number of fused-ring (bicyclic) bond motifs is 1. The standard InChI is InChI=1S/C17H20F3NO5/c1-24-9-13-8-21(16(23)26-13)11-3-5-14-10(6-11)2-4-12(25-14)7-15(22)17(18,19)20/h3,5-6,12-13,15,22H,2,4,7-9H2,1H3. The number of aliphatic hydroxyl groups is 1. The number of hydrogen-bond acceptors (Lipinski definition) is 5. The predicted octanol–water partition coefficient (Wildman–Crippen LogP) is 2.67. The van der Waals surface area contributed by atoms with Crippen molar-refractivity contribution in [1.82, 2.24) is 0 Å². The van der Waals surface area contributed by atoms with Gasteiger partial charge in [-0.25, -0.2) is 4.79 Å². The Morgan fingerprint density at radius 2 is 2.12 bits per heavy atom. The van der Waals surface area contributed by atoms with Crippen molar-refractivity contribution in [3.63, 3.8) is 0 Å². The number of hydrogen-bond donors (Lipinski definition) is 1. The number of aliphatic hydroxyl groups excluding tert-OH is 1. The average Bonchev–Trinajstić information content (AvgIpc) is 2.94. The van der Waals surface area contributed by atoms with Crippen molar-refractivity contribution in [3.8, 4) is 5.75 Å². The molecule has 0 spiro atoms. The van der Waals surface area contributed by atoms with Gasteiger partial charge in [0.05, 0.1) is 13.2 Å². The fourth-order valence-electron chi connectivity index (χ4n) is 3.15. The summed E-state index contributed by atoms with van der Waals surface area (Å²) in [5, 5.41) is 9.20. The van der Waals surface area contributed by atoms with E-state index in [1.54, 1.807) is 18.2 Å². The summed E-state index contributed by atoms with van der Waals surface area (Å²) in [7, 11) is 1.53. The van der Waals surface area contributed by atoms with Gasteiger partial charge in [0.25, 0.3) is 0 Å². The summed E-state index contributed by atoms with van der Waals surface area (Å²) in [6, 6.07) is 5.08. The van der Waals surface area contributed by atoms with Crippen molar-refractivity contribution < 1.29 is 37.3 Å². The number of cyclic esters (lactones) is 1. The molecule has 3 atom stereocenters. The van der Waals surface area contributed by atoms with Crippen LogP contribution in [0.25, 0.3) is 0 Å². The number of aryl methyl sites for hydroxylation is 1. The van der Waals surface area contributed by atoms with Crippen molar-refractivity contribution in [1.29, 1.82) is 0 Å². The molecule has 144 valence electrons. The molecular weight excluding hydrogens is 355 g/mol. The van der Waals surface area contributed by atoms with Gasteiger partial charge in [0, 0.05) is 19.2 Å². The number of ether oxygens (including phenoxy) is 3. The quantitative estimate of drug-likeness (QED) is 0.857. The molecule has 3 unspecified atom stereocenters. The van der Waals surface area contributed by atoms with Gasteiger partial charge < -0.3 is 19.3 Å². The number of methoxy groups -OCH3 is 1. The molecule has 9 heteroatoms. The molecule has 1 aromatic rings. The SMILES string of the molecule is COCC1CN(c2ccc3c(c2)CCC(CC(O)C(F)(F)F)O3)C(=O)O1. The van der Waals surface area contributed by atoms with E-state index < -0.39 is 30.9 Å². The van der Waals surface area contributed by atoms with Crippen molar-refractivity contribution in [2.24, 2.45) is 0 Å². The lowest BCUT2D eigenvalue weighted by atomic mass is 9.98. The van der Waals surface area contributed by atoms with Crippen molar-refractivity contribution in [2.75, 3.05) is 25.2 Å². The minimum absolute atomic E-state index is 0.305. The summed E-state index contributed by atoms with van der Waals surface area (Å²) in [6.45, 7) is 0.673. The Balaban J connectivity index is 1.67. The molecule has 3 rings (SSSR count). The molecule has 0 bridgehead atoms. The van der Waals surface area contributed by atoms with Crippen LogP contribution in [-0.4, -0.2) is 55.9 Å². The number of rotatable bonds is 5. The summed E-state index contributed by atoms with van der Waals surface area (Å²) in [5.41, 5.74) is 1.45. The predicted molar refractivity (Wildman–Crippen MR) is 85.3 cm³/mol. The van der Waals surface area contributed by atoms with Crippen molar-refractivity contribution in [3.05, 3.63) is 23.8 Å². The van der Waals surface area contributed by atoms with E-state index in [1.165, 1.54) is 12.0 Å². The molecule has 6 nitrogen and oxygen atoms in total. The molecule has 1 N–H and O–H groups in total. The number of carbonyl (C=O) groups is 1. The summed E-state index contributed by atoms with van der Waals surface area (Å²) in [4.78, 5) is 13.5. The van der Waals surface area contributed by atoms with Crippen LogP contribution in [0, 0.1) is 0 Å². The van der Waals surface area contributed by atoms with Gasteiger partial charge in [-0.2, -0.15) is 13.2 Å². The van der Waals surface area contributed by atoms with Crippen molar-refractivity contribution >= 4 is 11.8 Å². The van der Waals surface area contributed by atoms with Gasteiger partial charge in [-0.15, -0.1) is 0 Å². The number of alkyl halides is 3. The average molecular weight is 375 g/mol. The Morgan fingerprint density at radius 3 is 2.81 bits per heavy atom. The van der Waals surface area contributed by atoms with E-state index in [-0.39, 0.29) is 6.10 Å². The fourth-order valence-corrected chi connectivity index (χ4v) is 3.15. The maximum Gasteiger partial charge on any atom is 0.414 e. The Morgan fingerprint density at radius 1 is 1.35 bits per heavy atom. The van der Waals surface area contributed by atoms with Gasteiger partial charge in [-0.3, -0.25) is 4.90 Å². The topological polar surface area (TPSA) is 68.2 Å². The van der Waals surface area contributed by atoms with Gasteiger partial charge in [-0.05, 0) is 36.6 Å². The number of benzene rings is 1. The van der Waals surface area contributed by atoms with Gasteiger partial charge in [0.1, 0.15) is 18.0 Å². The molecular formula is C17H20F3NO5. The first-order chi connectivity index (χ1) is 12.3. The first-order valence-corrected chi connectivity index (χ1v) is 8.29. The number of nitrogens with zero attached hydrogens (tertiary/aromatic N) is 1. The maximum atomic E-state index is 12.5. The van der Waals surface area contributed by atoms with E-state index in [0.717, 1.165) is 5.56 Å². The third-order valence-corrected chi connectivity index (χ3v) is 4.48. The number of amides is 1. The third kappa shape index (κ3) is 4.04. The summed E-state index contributed by atoms with van der Waals surface area (Å²) in [5.74, 6) is 0.473. The second-order valence-corrected chi connectivity index (χ2v) is 6.44. The monoisotopic (exact) mass is 375 g/mol. The zero-order valence-electron chi connectivity index (χ0n) is 14.2. The highest BCUT2D eigenvalue weighted by atomic mass is 19.4. The highest BCUT2D eigenvalue weighted by Gasteiger charge is 2.40. The molecule has 2 aliphatic heterocycles. The van der Waals surface area contributed by atoms with Crippen LogP contribution >= 0.6 is 0 Å². The van der Waals surface area contributed by atoms with Crippen LogP contribution in [0.4, 0.5) is 23.7 Å². The first kappa shape index (κ1) is 18.8. The Labute approximate surface area is 148 Å². The second kappa shape index (κ2) is 7.32. The molecule has 0 radical (unpaired) electrons. The molecule has 0 aromatic heterocycles. The van der Waals surface area contributed by atoms with Crippen LogP contribution in [0.15, 0.2) is 18.2 Å². The number of anilines is 1. The lowest BCUT2D eigenvalue weighted by Crippen LogP contribution is -2.35. The zero-order chi connectivity index (χ0) is 18.9. The van der Waals surface area contributed by atoms with Gasteiger partial charge >= 0.3 is 12.3 Å². The second-order valence-electron chi connectivity index (χ2n) is 6.44. The van der Waals surface area contributed by atoms with Gasteiger partial charge in [0.2, 0.25) is 0 Å². The maximum absolute atomic E-state index is 12.5. The normalized spacial score (nSPS) is 24.0. The number of carbonyl (C=O) groups excluding carboxylic acids is 1. The van der Waals surface area contributed by atoms with E-state index >= 15 is 0 Å². The first-order valence-electron chi connectivity index (χ1n) is 8.29. The van der Waals surface area contributed by atoms with Crippen LogP contribution in [0.1, 0.15) is 18.4 Å². The summed E-state index contributed by atoms with van der Waals surface area (Å²) >= 11 is 0. The van der Waals surface area contributed by atoms with E-state index in [1.807, 2.05) is 0 Å². The molecule has 0 saturated carbocycles. The van der Waals surface area contributed by atoms with Gasteiger partial charge in [-0.1, -0.05) is 0 Å². The lowest BCUT2D eigenvalue weighted by Gasteiger charge is -2.29. The van der Waals surface area contributed by atoms with Crippen LogP contribution in [0.3, 0.4) is 0 Å². The smallest absolute Gasteiger partial charge is 0.414 e. The Bertz CT molecular complexity index is 666. The summed E-state index contributed by atoms with van der Waals surface area (Å²) in [6.07, 6.45) is -8.19. The van der Waals surface area contributed by atoms with E-state index in [4.69, 9.17) is 14.2 Å². The van der Waals surface area contributed by atoms with Crippen LogP contribution in [-0.2, 0) is 15.9 Å². The van der Waals surface area contributed by atoms with Crippen LogP contribution in [0.2, 0.25) is 0 Å². The minimum Gasteiger partial charge on any atom is -0.490 e. The van der Waals surface area contributed by atoms with E-state index in [9.17, 15) is 23.1 Å². The molecule has 1 saturated heterocycles. The molecule has 2 heterocycles. The highest BCUT2D eigenvalue weighted by molar-refractivity contribution is 5.90. The summed E-state index contributed by atoms with van der Waals surface area (Å²) < 4.78 is 53.2. The molecule has 1 amide bonds. The third-order valence-electron chi connectivity index (χ3n) is 4.48. The molecule has 26 heavy (non-hydrogen) atoms. The molecule has 2 aliphatic rings. The molecule has 1 aromatic carbocycles. The lowest BCUT2D eigenvalue weighted by molar-refractivity contribution is -0.210. The minimum atomic E-state index is -4.65. The number of halogens is 3. The molecule has 0 aliphatic carbocycles. The zero-order valence-corrected chi connectivity index (χ0v) is 14.2. The van der Waals surface area contributed by atoms with E-state index in [2.05, 4.69) is 0 Å². The van der Waals surface area contributed by atoms with Crippen molar-refractivity contribution in [2.45, 2.75) is 43.8 Å². The fraction of sp³-hybridized carbons (Fsp3) is 0.588. The highest BCUT2D eigenvalue weighted by Crippen LogP contribution is 2.35. The largest absolute Gasteiger partial charge is 0.490 e. The van der Waals surface area contributed by atoms with Gasteiger partial charge in [0.15, 0.2) is 6.10 Å². The molecule has 1 fully saturated rings. The van der Waals surface area contributed by atoms with Crippen LogP contribution in [0.5, 0.6) is 5.75 Å². The Kier molecular flexibility index (Phi) is 5.29. The van der Waals surface area contributed by atoms with E-state index in [0.29, 0.717) is 37.4 Å². The Hall–Kier alpha value is -2.00. The van der Waals surface area contributed by atoms with Crippen LogP contribution < -0.4 is 9.64 Å².